The average Bonchev–Trinajstić information content (AvgIpc) is 2.29. The Bertz CT molecular complexity index is 468. The Balaban J connectivity index is 3.05. The number of benzene rings is 1. The number of halogens is 1. The van der Waals surface area contributed by atoms with Gasteiger partial charge in [-0.2, -0.15) is 5.26 Å². The number of carboxylic acid groups (broad SMARTS) is 1. The monoisotopic (exact) mass is 296 g/mol. The lowest BCUT2D eigenvalue weighted by Gasteiger charge is -2.26. The van der Waals surface area contributed by atoms with Crippen molar-refractivity contribution in [1.29, 1.82) is 5.26 Å². The molecule has 0 bridgehead atoms. The second-order valence-electron chi connectivity index (χ2n) is 3.65. The first kappa shape index (κ1) is 13.5. The second kappa shape index (κ2) is 5.69. The molecule has 0 aliphatic rings. The van der Waals surface area contributed by atoms with E-state index in [-0.39, 0.29) is 0 Å². The van der Waals surface area contributed by atoms with Gasteiger partial charge in [0.2, 0.25) is 0 Å². The van der Waals surface area contributed by atoms with Gasteiger partial charge in [0.1, 0.15) is 12.1 Å². The number of likely N-dealkylation sites (N-methyl/N-ethyl adjacent to an activating group) is 1. The highest BCUT2D eigenvalue weighted by atomic mass is 79.9. The molecule has 1 rings (SSSR count). The predicted molar refractivity (Wildman–Crippen MR) is 69.0 cm³/mol. The molecule has 0 spiro atoms. The summed E-state index contributed by atoms with van der Waals surface area (Å²) in [7, 11) is 1.73. The smallest absolute Gasteiger partial charge is 0.326 e. The Labute approximate surface area is 109 Å². The van der Waals surface area contributed by atoms with Gasteiger partial charge in [0.15, 0.2) is 0 Å². The highest BCUT2D eigenvalue weighted by Crippen LogP contribution is 2.24. The van der Waals surface area contributed by atoms with Crippen molar-refractivity contribution in [3.8, 4) is 6.07 Å². The van der Waals surface area contributed by atoms with Crippen LogP contribution >= 0.6 is 15.9 Å². The summed E-state index contributed by atoms with van der Waals surface area (Å²) in [6.07, 6.45) is 0.517. The predicted octanol–water partition coefficient (Wildman–Crippen LogP) is 2.62. The first-order valence-electron chi connectivity index (χ1n) is 5.16. The quantitative estimate of drug-likeness (QED) is 0.928. The van der Waals surface area contributed by atoms with Crippen LogP contribution in [0.1, 0.15) is 18.9 Å². The number of anilines is 1. The third-order valence-electron chi connectivity index (χ3n) is 2.62. The van der Waals surface area contributed by atoms with Crippen LogP contribution in [0.4, 0.5) is 5.69 Å². The van der Waals surface area contributed by atoms with Crippen molar-refractivity contribution in [3.63, 3.8) is 0 Å². The van der Waals surface area contributed by atoms with E-state index in [4.69, 9.17) is 10.4 Å². The largest absolute Gasteiger partial charge is 0.480 e. The lowest BCUT2D eigenvalue weighted by Crippen LogP contribution is -2.37. The average molecular weight is 297 g/mol. The molecule has 0 heterocycles. The van der Waals surface area contributed by atoms with Gasteiger partial charge >= 0.3 is 5.97 Å². The number of carboxylic acids is 1. The number of rotatable bonds is 4. The number of hydrogen-bond donors (Lipinski definition) is 1. The van der Waals surface area contributed by atoms with Crippen molar-refractivity contribution < 1.29 is 9.90 Å². The van der Waals surface area contributed by atoms with Crippen LogP contribution in [-0.4, -0.2) is 24.2 Å². The molecule has 1 aromatic rings. The fraction of sp³-hybridized carbons (Fsp3) is 0.333. The maximum absolute atomic E-state index is 11.0. The van der Waals surface area contributed by atoms with Crippen molar-refractivity contribution in [2.45, 2.75) is 19.4 Å². The molecule has 0 amide bonds. The molecule has 0 aromatic heterocycles. The zero-order valence-corrected chi connectivity index (χ0v) is 11.2. The van der Waals surface area contributed by atoms with Crippen molar-refractivity contribution in [1.82, 2.24) is 0 Å². The fourth-order valence-corrected chi connectivity index (χ4v) is 2.06. The molecule has 1 atom stereocenters. The number of hydrogen-bond acceptors (Lipinski definition) is 3. The lowest BCUT2D eigenvalue weighted by atomic mass is 10.1. The molecule has 0 saturated heterocycles. The molecular formula is C12H13BrN2O2. The first-order chi connectivity index (χ1) is 8.01. The van der Waals surface area contributed by atoms with Crippen molar-refractivity contribution in [2.75, 3.05) is 11.9 Å². The summed E-state index contributed by atoms with van der Waals surface area (Å²) >= 11 is 3.29. The lowest BCUT2D eigenvalue weighted by molar-refractivity contribution is -0.138. The van der Waals surface area contributed by atoms with Gasteiger partial charge in [0.05, 0.1) is 5.56 Å². The van der Waals surface area contributed by atoms with Crippen molar-refractivity contribution in [2.24, 2.45) is 0 Å². The van der Waals surface area contributed by atoms with E-state index >= 15 is 0 Å². The van der Waals surface area contributed by atoms with Crippen LogP contribution < -0.4 is 4.90 Å². The van der Waals surface area contributed by atoms with E-state index < -0.39 is 12.0 Å². The molecule has 90 valence electrons. The topological polar surface area (TPSA) is 64.3 Å². The third kappa shape index (κ3) is 2.98. The van der Waals surface area contributed by atoms with E-state index in [9.17, 15) is 4.79 Å². The van der Waals surface area contributed by atoms with Gasteiger partial charge in [0.25, 0.3) is 0 Å². The van der Waals surface area contributed by atoms with Crippen LogP contribution in [0.2, 0.25) is 0 Å². The van der Waals surface area contributed by atoms with Crippen LogP contribution in [0.15, 0.2) is 22.7 Å². The highest BCUT2D eigenvalue weighted by molar-refractivity contribution is 9.10. The Hall–Kier alpha value is -1.54. The van der Waals surface area contributed by atoms with E-state index in [0.717, 1.165) is 5.69 Å². The summed E-state index contributed by atoms with van der Waals surface area (Å²) < 4.78 is 0.671. The van der Waals surface area contributed by atoms with E-state index in [1.165, 1.54) is 0 Å². The summed E-state index contributed by atoms with van der Waals surface area (Å²) in [5, 5.41) is 17.9. The summed E-state index contributed by atoms with van der Waals surface area (Å²) in [4.78, 5) is 12.7. The summed E-state index contributed by atoms with van der Waals surface area (Å²) in [5.74, 6) is -0.851. The minimum atomic E-state index is -0.851. The third-order valence-corrected chi connectivity index (χ3v) is 3.28. The number of nitrogens with zero attached hydrogens (tertiary/aromatic N) is 2. The number of carbonyl (C=O) groups is 1. The second-order valence-corrected chi connectivity index (χ2v) is 4.50. The van der Waals surface area contributed by atoms with E-state index in [0.29, 0.717) is 16.5 Å². The number of aliphatic carboxylic acids is 1. The van der Waals surface area contributed by atoms with Crippen molar-refractivity contribution in [3.05, 3.63) is 28.2 Å². The first-order valence-corrected chi connectivity index (χ1v) is 5.95. The molecule has 1 N–H and O–H groups in total. The summed E-state index contributed by atoms with van der Waals surface area (Å²) in [6.45, 7) is 1.83. The molecule has 0 saturated carbocycles. The van der Waals surface area contributed by atoms with E-state index in [1.54, 1.807) is 30.1 Å². The summed E-state index contributed by atoms with van der Waals surface area (Å²) in [5.41, 5.74) is 1.30. The molecule has 0 aliphatic heterocycles. The van der Waals surface area contributed by atoms with Crippen LogP contribution in [0.3, 0.4) is 0 Å². The van der Waals surface area contributed by atoms with Gasteiger partial charge in [-0.1, -0.05) is 6.92 Å². The summed E-state index contributed by atoms with van der Waals surface area (Å²) in [6, 6.07) is 6.66. The molecule has 1 unspecified atom stereocenters. The van der Waals surface area contributed by atoms with E-state index in [1.807, 2.05) is 13.0 Å². The van der Waals surface area contributed by atoms with Gasteiger partial charge in [-0.25, -0.2) is 4.79 Å². The maximum Gasteiger partial charge on any atom is 0.326 e. The van der Waals surface area contributed by atoms with Crippen LogP contribution in [-0.2, 0) is 4.79 Å². The van der Waals surface area contributed by atoms with Gasteiger partial charge in [-0.05, 0) is 40.5 Å². The molecule has 17 heavy (non-hydrogen) atoms. The number of nitriles is 1. The zero-order valence-electron chi connectivity index (χ0n) is 9.64. The Morgan fingerprint density at radius 3 is 2.71 bits per heavy atom. The minimum Gasteiger partial charge on any atom is -0.480 e. The van der Waals surface area contributed by atoms with Gasteiger partial charge in [0, 0.05) is 17.2 Å². The van der Waals surface area contributed by atoms with Crippen LogP contribution in [0, 0.1) is 11.3 Å². The SMILES string of the molecule is CCC(C(=O)O)N(C)c1ccc(C#N)c(Br)c1. The molecule has 0 aliphatic carbocycles. The van der Waals surface area contributed by atoms with Gasteiger partial charge < -0.3 is 10.0 Å². The Morgan fingerprint density at radius 1 is 1.65 bits per heavy atom. The Kier molecular flexibility index (Phi) is 4.53. The molecule has 0 radical (unpaired) electrons. The van der Waals surface area contributed by atoms with Crippen molar-refractivity contribution >= 4 is 27.6 Å². The molecule has 4 nitrogen and oxygen atoms in total. The molecule has 5 heteroatoms. The standard InChI is InChI=1S/C12H13BrN2O2/c1-3-11(12(16)17)15(2)9-5-4-8(7-14)10(13)6-9/h4-6,11H,3H2,1-2H3,(H,16,17). The fourth-order valence-electron chi connectivity index (χ4n) is 1.61. The van der Waals surface area contributed by atoms with Crippen LogP contribution in [0.5, 0.6) is 0 Å². The zero-order chi connectivity index (χ0) is 13.0. The molecule has 1 aromatic carbocycles. The van der Waals surface area contributed by atoms with Gasteiger partial charge in [-0.3, -0.25) is 0 Å². The normalized spacial score (nSPS) is 11.6. The van der Waals surface area contributed by atoms with Gasteiger partial charge in [-0.15, -0.1) is 0 Å². The van der Waals surface area contributed by atoms with Crippen LogP contribution in [0.25, 0.3) is 0 Å². The van der Waals surface area contributed by atoms with E-state index in [2.05, 4.69) is 15.9 Å². The molecule has 0 fully saturated rings. The minimum absolute atomic E-state index is 0.517. The maximum atomic E-state index is 11.0. The Morgan fingerprint density at radius 2 is 2.29 bits per heavy atom. The highest BCUT2D eigenvalue weighted by Gasteiger charge is 2.21. The molecular weight excluding hydrogens is 284 g/mol.